The number of nitrogens with zero attached hydrogens (tertiary/aromatic N) is 1. The summed E-state index contributed by atoms with van der Waals surface area (Å²) in [4.78, 5) is 15.1. The molecule has 0 bridgehead atoms. The first-order chi connectivity index (χ1) is 14.2. The van der Waals surface area contributed by atoms with Crippen molar-refractivity contribution in [3.05, 3.63) is 47.0 Å². The summed E-state index contributed by atoms with van der Waals surface area (Å²) in [7, 11) is 0. The largest absolute Gasteiger partial charge is 0.573 e. The molecule has 0 spiro atoms. The quantitative estimate of drug-likeness (QED) is 0.568. The molecule has 0 amide bonds. The molecule has 2 aromatic rings. The number of ether oxygens (including phenoxy) is 2. The van der Waals surface area contributed by atoms with E-state index < -0.39 is 12.3 Å². The Hall–Kier alpha value is -2.68. The van der Waals surface area contributed by atoms with Crippen LogP contribution in [-0.2, 0) is 16.0 Å². The number of oxazole rings is 1. The van der Waals surface area contributed by atoms with Crippen molar-refractivity contribution in [2.45, 2.75) is 38.5 Å². The molecule has 30 heavy (non-hydrogen) atoms. The highest BCUT2D eigenvalue weighted by molar-refractivity contribution is 6.29. The molecule has 1 aromatic carbocycles. The summed E-state index contributed by atoms with van der Waals surface area (Å²) in [5.74, 6) is -0.353. The molecule has 1 heterocycles. The van der Waals surface area contributed by atoms with Crippen LogP contribution in [0.1, 0.15) is 31.4 Å². The van der Waals surface area contributed by atoms with Gasteiger partial charge in [0.1, 0.15) is 11.4 Å². The van der Waals surface area contributed by atoms with Crippen LogP contribution in [0.25, 0.3) is 11.5 Å². The lowest BCUT2D eigenvalue weighted by molar-refractivity contribution is -0.274. The van der Waals surface area contributed by atoms with Crippen LogP contribution in [0.4, 0.5) is 13.2 Å². The van der Waals surface area contributed by atoms with Crippen LogP contribution >= 0.6 is 11.6 Å². The SMILES string of the molecule is O=C(O)CC1CCC=C(OCCc2nc(-c3cccc(OC(F)(F)F)c3)oc2Cl)C1. The Morgan fingerprint density at radius 1 is 1.37 bits per heavy atom. The zero-order chi connectivity index (χ0) is 21.7. The highest BCUT2D eigenvalue weighted by Crippen LogP contribution is 2.31. The Kier molecular flexibility index (Phi) is 6.91. The van der Waals surface area contributed by atoms with Gasteiger partial charge in [-0.15, -0.1) is 13.2 Å². The van der Waals surface area contributed by atoms with Gasteiger partial charge in [-0.05, 0) is 54.6 Å². The zero-order valence-corrected chi connectivity index (χ0v) is 16.5. The maximum atomic E-state index is 12.4. The number of rotatable bonds is 8. The predicted octanol–water partition coefficient (Wildman–Crippen LogP) is 5.61. The second kappa shape index (κ2) is 9.42. The lowest BCUT2D eigenvalue weighted by Crippen LogP contribution is -2.17. The Labute approximate surface area is 175 Å². The summed E-state index contributed by atoms with van der Waals surface area (Å²) < 4.78 is 52.2. The average Bonchev–Trinajstić information content (AvgIpc) is 3.01. The minimum absolute atomic E-state index is 0.0251. The van der Waals surface area contributed by atoms with Gasteiger partial charge < -0.3 is 19.0 Å². The van der Waals surface area contributed by atoms with E-state index in [1.54, 1.807) is 0 Å². The van der Waals surface area contributed by atoms with Crippen LogP contribution in [-0.4, -0.2) is 29.0 Å². The van der Waals surface area contributed by atoms with Crippen LogP contribution in [0, 0.1) is 5.92 Å². The molecule has 0 aliphatic heterocycles. The molecule has 1 unspecified atom stereocenters. The number of carboxylic acid groups (broad SMARTS) is 1. The standard InChI is InChI=1S/C20H19ClF3NO5/c21-18-16(7-8-28-14-5-1-3-12(9-14)10-17(26)27)25-19(29-18)13-4-2-6-15(11-13)30-20(22,23)24/h2,4-6,11-12H,1,3,7-10H2,(H,26,27). The van der Waals surface area contributed by atoms with Crippen molar-refractivity contribution in [1.29, 1.82) is 0 Å². The molecule has 6 nitrogen and oxygen atoms in total. The molecule has 10 heteroatoms. The fourth-order valence-electron chi connectivity index (χ4n) is 3.20. The monoisotopic (exact) mass is 445 g/mol. The fraction of sp³-hybridized carbons (Fsp3) is 0.400. The molecule has 1 atom stereocenters. The number of hydrogen-bond acceptors (Lipinski definition) is 5. The molecule has 0 saturated carbocycles. The normalized spacial score (nSPS) is 16.8. The van der Waals surface area contributed by atoms with Crippen molar-refractivity contribution in [1.82, 2.24) is 4.98 Å². The number of halogens is 4. The van der Waals surface area contributed by atoms with Gasteiger partial charge in [-0.3, -0.25) is 4.79 Å². The maximum absolute atomic E-state index is 12.4. The van der Waals surface area contributed by atoms with Crippen molar-refractivity contribution in [2.75, 3.05) is 6.61 Å². The maximum Gasteiger partial charge on any atom is 0.573 e. The number of allylic oxidation sites excluding steroid dienone is 2. The first kappa shape index (κ1) is 22.0. The van der Waals surface area contributed by atoms with Gasteiger partial charge in [0, 0.05) is 24.8 Å². The van der Waals surface area contributed by atoms with E-state index in [0.29, 0.717) is 18.5 Å². The molecule has 1 aromatic heterocycles. The van der Waals surface area contributed by atoms with Crippen LogP contribution in [0.5, 0.6) is 5.75 Å². The van der Waals surface area contributed by atoms with Gasteiger partial charge in [0.25, 0.3) is 0 Å². The van der Waals surface area contributed by atoms with Gasteiger partial charge in [0.2, 0.25) is 11.1 Å². The summed E-state index contributed by atoms with van der Waals surface area (Å²) in [5, 5.41) is 8.94. The topological polar surface area (TPSA) is 81.8 Å². The predicted molar refractivity (Wildman–Crippen MR) is 101 cm³/mol. The third kappa shape index (κ3) is 6.41. The van der Waals surface area contributed by atoms with Crippen molar-refractivity contribution in [2.24, 2.45) is 5.92 Å². The summed E-state index contributed by atoms with van der Waals surface area (Å²) in [5.41, 5.74) is 0.699. The summed E-state index contributed by atoms with van der Waals surface area (Å²) in [6.07, 6.45) is -0.283. The van der Waals surface area contributed by atoms with Gasteiger partial charge in [0.15, 0.2) is 0 Å². The van der Waals surface area contributed by atoms with Gasteiger partial charge in [0.05, 0.1) is 12.4 Å². The third-order valence-electron chi connectivity index (χ3n) is 4.49. The van der Waals surface area contributed by atoms with E-state index in [1.165, 1.54) is 18.2 Å². The highest BCUT2D eigenvalue weighted by Gasteiger charge is 2.31. The number of hydrogen-bond donors (Lipinski definition) is 1. The van der Waals surface area contributed by atoms with E-state index in [0.717, 1.165) is 24.7 Å². The Morgan fingerprint density at radius 2 is 2.17 bits per heavy atom. The fourth-order valence-corrected chi connectivity index (χ4v) is 3.41. The number of alkyl halides is 3. The average molecular weight is 446 g/mol. The van der Waals surface area contributed by atoms with Crippen LogP contribution in [0.3, 0.4) is 0 Å². The molecule has 162 valence electrons. The molecule has 1 aliphatic rings. The summed E-state index contributed by atoms with van der Waals surface area (Å²) in [6, 6.07) is 5.25. The molecule has 0 radical (unpaired) electrons. The van der Waals surface area contributed by atoms with Gasteiger partial charge >= 0.3 is 12.3 Å². The first-order valence-corrected chi connectivity index (χ1v) is 9.62. The molecular weight excluding hydrogens is 427 g/mol. The Bertz CT molecular complexity index is 925. The molecule has 0 fully saturated rings. The van der Waals surface area contributed by atoms with Crippen LogP contribution in [0.2, 0.25) is 5.22 Å². The van der Waals surface area contributed by atoms with E-state index >= 15 is 0 Å². The molecule has 0 saturated heterocycles. The zero-order valence-electron chi connectivity index (χ0n) is 15.7. The number of carbonyl (C=O) groups is 1. The van der Waals surface area contributed by atoms with Crippen molar-refractivity contribution >= 4 is 17.6 Å². The smallest absolute Gasteiger partial charge is 0.498 e. The van der Waals surface area contributed by atoms with Crippen molar-refractivity contribution < 1.29 is 37.0 Å². The Balaban J connectivity index is 1.59. The minimum atomic E-state index is -4.80. The number of aromatic nitrogens is 1. The van der Waals surface area contributed by atoms with Gasteiger partial charge in [-0.1, -0.05) is 6.07 Å². The lowest BCUT2D eigenvalue weighted by atomic mass is 9.90. The Morgan fingerprint density at radius 3 is 2.90 bits per heavy atom. The molecule has 1 aliphatic carbocycles. The first-order valence-electron chi connectivity index (χ1n) is 9.24. The van der Waals surface area contributed by atoms with E-state index in [-0.39, 0.29) is 41.4 Å². The number of carboxylic acids is 1. The van der Waals surface area contributed by atoms with Crippen LogP contribution in [0.15, 0.2) is 40.5 Å². The van der Waals surface area contributed by atoms with E-state index in [2.05, 4.69) is 9.72 Å². The van der Waals surface area contributed by atoms with Crippen LogP contribution < -0.4 is 4.74 Å². The number of aliphatic carboxylic acids is 1. The van der Waals surface area contributed by atoms with Crippen molar-refractivity contribution in [3.8, 4) is 17.2 Å². The second-order valence-electron chi connectivity index (χ2n) is 6.83. The van der Waals surface area contributed by atoms with Crippen molar-refractivity contribution in [3.63, 3.8) is 0 Å². The molecular formula is C20H19ClF3NO5. The second-order valence-corrected chi connectivity index (χ2v) is 7.17. The lowest BCUT2D eigenvalue weighted by Gasteiger charge is -2.21. The van der Waals surface area contributed by atoms with E-state index in [9.17, 15) is 18.0 Å². The van der Waals surface area contributed by atoms with Gasteiger partial charge in [-0.2, -0.15) is 0 Å². The molecule has 3 rings (SSSR count). The summed E-state index contributed by atoms with van der Waals surface area (Å²) >= 11 is 6.07. The third-order valence-corrected chi connectivity index (χ3v) is 4.79. The molecule has 1 N–H and O–H groups in total. The minimum Gasteiger partial charge on any atom is -0.498 e. The number of benzene rings is 1. The highest BCUT2D eigenvalue weighted by atomic mass is 35.5. The van der Waals surface area contributed by atoms with E-state index in [4.69, 9.17) is 25.9 Å². The van der Waals surface area contributed by atoms with E-state index in [1.807, 2.05) is 6.08 Å². The summed E-state index contributed by atoms with van der Waals surface area (Å²) in [6.45, 7) is 0.258. The van der Waals surface area contributed by atoms with Gasteiger partial charge in [-0.25, -0.2) is 4.98 Å².